The molecule has 0 unspecified atom stereocenters. The first-order chi connectivity index (χ1) is 7.13. The van der Waals surface area contributed by atoms with Crippen LogP contribution in [0.2, 0.25) is 0 Å². The molecule has 1 aromatic rings. The fourth-order valence-corrected chi connectivity index (χ4v) is 1.83. The van der Waals surface area contributed by atoms with Crippen molar-refractivity contribution < 1.29 is 9.53 Å². The molecule has 0 amide bonds. The van der Waals surface area contributed by atoms with E-state index in [0.717, 1.165) is 12.0 Å². The minimum Gasteiger partial charge on any atom is -0.465 e. The van der Waals surface area contributed by atoms with Crippen LogP contribution in [0, 0.1) is 11.3 Å². The van der Waals surface area contributed by atoms with Gasteiger partial charge in [0.15, 0.2) is 0 Å². The smallest absolute Gasteiger partial charge is 0.339 e. The van der Waals surface area contributed by atoms with Gasteiger partial charge in [-0.3, -0.25) is 0 Å². The summed E-state index contributed by atoms with van der Waals surface area (Å²) in [4.78, 5) is 11.3. The average Bonchev–Trinajstić information content (AvgIpc) is 2.27. The van der Waals surface area contributed by atoms with E-state index >= 15 is 0 Å². The molecule has 0 aliphatic rings. The van der Waals surface area contributed by atoms with Crippen LogP contribution in [0.4, 0.5) is 0 Å². The highest BCUT2D eigenvalue weighted by atomic mass is 79.9. The highest BCUT2D eigenvalue weighted by Crippen LogP contribution is 2.23. The van der Waals surface area contributed by atoms with Crippen LogP contribution in [0.5, 0.6) is 0 Å². The van der Waals surface area contributed by atoms with E-state index in [-0.39, 0.29) is 0 Å². The van der Waals surface area contributed by atoms with Crippen LogP contribution in [0.3, 0.4) is 0 Å². The highest BCUT2D eigenvalue weighted by molar-refractivity contribution is 9.10. The standard InChI is InChI=1S/C11H10BrNO2/c1-3-7-5-10(12)9(11(14)15-2)4-8(7)6-13/h4-5H,3H2,1-2H3. The van der Waals surface area contributed by atoms with Gasteiger partial charge in [0.25, 0.3) is 0 Å². The van der Waals surface area contributed by atoms with Gasteiger partial charge < -0.3 is 4.74 Å². The average molecular weight is 268 g/mol. The Balaban J connectivity index is 3.33. The van der Waals surface area contributed by atoms with Gasteiger partial charge in [-0.15, -0.1) is 0 Å². The monoisotopic (exact) mass is 267 g/mol. The lowest BCUT2D eigenvalue weighted by Gasteiger charge is -2.06. The van der Waals surface area contributed by atoms with E-state index in [9.17, 15) is 4.79 Å². The molecule has 0 aliphatic carbocycles. The Morgan fingerprint density at radius 3 is 2.73 bits per heavy atom. The third kappa shape index (κ3) is 2.37. The van der Waals surface area contributed by atoms with Crippen LogP contribution in [0.15, 0.2) is 16.6 Å². The summed E-state index contributed by atoms with van der Waals surface area (Å²) >= 11 is 3.28. The number of aryl methyl sites for hydroxylation is 1. The Hall–Kier alpha value is -1.34. The maximum absolute atomic E-state index is 11.3. The van der Waals surface area contributed by atoms with E-state index in [1.807, 2.05) is 6.92 Å². The van der Waals surface area contributed by atoms with Crippen molar-refractivity contribution >= 4 is 21.9 Å². The van der Waals surface area contributed by atoms with E-state index in [0.29, 0.717) is 15.6 Å². The summed E-state index contributed by atoms with van der Waals surface area (Å²) in [6, 6.07) is 5.40. The van der Waals surface area contributed by atoms with Crippen LogP contribution >= 0.6 is 15.9 Å². The van der Waals surface area contributed by atoms with Crippen LogP contribution in [-0.2, 0) is 11.2 Å². The lowest BCUT2D eigenvalue weighted by Crippen LogP contribution is -2.04. The zero-order valence-corrected chi connectivity index (χ0v) is 10.1. The number of hydrogen-bond donors (Lipinski definition) is 0. The summed E-state index contributed by atoms with van der Waals surface area (Å²) in [7, 11) is 1.31. The molecule has 0 saturated heterocycles. The summed E-state index contributed by atoms with van der Waals surface area (Å²) in [5, 5.41) is 8.90. The molecule has 0 fully saturated rings. The second kappa shape index (κ2) is 4.94. The number of nitriles is 1. The fourth-order valence-electron chi connectivity index (χ4n) is 1.28. The van der Waals surface area contributed by atoms with Crippen molar-refractivity contribution in [2.24, 2.45) is 0 Å². The van der Waals surface area contributed by atoms with Gasteiger partial charge in [-0.05, 0) is 40.0 Å². The summed E-state index contributed by atoms with van der Waals surface area (Å²) in [6.45, 7) is 1.96. The quantitative estimate of drug-likeness (QED) is 0.775. The molecule has 0 aliphatic heterocycles. The number of ether oxygens (including phenoxy) is 1. The van der Waals surface area contributed by atoms with Crippen molar-refractivity contribution in [1.82, 2.24) is 0 Å². The highest BCUT2D eigenvalue weighted by Gasteiger charge is 2.13. The van der Waals surface area contributed by atoms with Gasteiger partial charge in [0.1, 0.15) is 0 Å². The first kappa shape index (κ1) is 11.7. The van der Waals surface area contributed by atoms with Gasteiger partial charge in [-0.2, -0.15) is 5.26 Å². The van der Waals surface area contributed by atoms with E-state index < -0.39 is 5.97 Å². The van der Waals surface area contributed by atoms with E-state index in [1.165, 1.54) is 7.11 Å². The molecule has 78 valence electrons. The van der Waals surface area contributed by atoms with Crippen molar-refractivity contribution in [2.75, 3.05) is 7.11 Å². The van der Waals surface area contributed by atoms with Crippen molar-refractivity contribution in [3.8, 4) is 6.07 Å². The zero-order chi connectivity index (χ0) is 11.4. The van der Waals surface area contributed by atoms with Crippen LogP contribution in [-0.4, -0.2) is 13.1 Å². The number of nitrogens with zero attached hydrogens (tertiary/aromatic N) is 1. The van der Waals surface area contributed by atoms with E-state index in [4.69, 9.17) is 5.26 Å². The van der Waals surface area contributed by atoms with Gasteiger partial charge in [0.05, 0.1) is 24.3 Å². The molecule has 4 heteroatoms. The van der Waals surface area contributed by atoms with Crippen molar-refractivity contribution in [2.45, 2.75) is 13.3 Å². The number of rotatable bonds is 2. The molecule has 0 saturated carbocycles. The lowest BCUT2D eigenvalue weighted by atomic mass is 10.0. The molecule has 1 aromatic carbocycles. The third-order valence-electron chi connectivity index (χ3n) is 2.10. The van der Waals surface area contributed by atoms with E-state index in [2.05, 4.69) is 26.7 Å². The fraction of sp³-hybridized carbons (Fsp3) is 0.273. The van der Waals surface area contributed by atoms with E-state index in [1.54, 1.807) is 12.1 Å². The Kier molecular flexibility index (Phi) is 3.87. The Bertz CT molecular complexity index is 435. The van der Waals surface area contributed by atoms with Crippen LogP contribution < -0.4 is 0 Å². The second-order valence-electron chi connectivity index (χ2n) is 2.95. The molecule has 0 heterocycles. The molecule has 15 heavy (non-hydrogen) atoms. The molecular formula is C11H10BrNO2. The number of hydrogen-bond acceptors (Lipinski definition) is 3. The van der Waals surface area contributed by atoms with Gasteiger partial charge in [0, 0.05) is 4.47 Å². The summed E-state index contributed by atoms with van der Waals surface area (Å²) in [5.74, 6) is -0.443. The Morgan fingerprint density at radius 1 is 1.60 bits per heavy atom. The normalized spacial score (nSPS) is 9.47. The summed E-state index contributed by atoms with van der Waals surface area (Å²) < 4.78 is 5.27. The summed E-state index contributed by atoms with van der Waals surface area (Å²) in [6.07, 6.45) is 0.753. The minimum absolute atomic E-state index is 0.381. The number of carbonyl (C=O) groups is 1. The first-order valence-electron chi connectivity index (χ1n) is 4.44. The van der Waals surface area contributed by atoms with Gasteiger partial charge in [-0.25, -0.2) is 4.79 Å². The van der Waals surface area contributed by atoms with Gasteiger partial charge in [-0.1, -0.05) is 6.92 Å². The maximum atomic E-state index is 11.3. The first-order valence-corrected chi connectivity index (χ1v) is 5.24. The number of halogens is 1. The lowest BCUT2D eigenvalue weighted by molar-refractivity contribution is 0.0599. The topological polar surface area (TPSA) is 50.1 Å². The molecule has 0 atom stereocenters. The largest absolute Gasteiger partial charge is 0.465 e. The van der Waals surface area contributed by atoms with Crippen molar-refractivity contribution in [3.63, 3.8) is 0 Å². The molecular weight excluding hydrogens is 258 g/mol. The molecule has 3 nitrogen and oxygen atoms in total. The Labute approximate surface area is 96.8 Å². The molecule has 0 N–H and O–H groups in total. The third-order valence-corrected chi connectivity index (χ3v) is 2.76. The number of esters is 1. The summed E-state index contributed by atoms with van der Waals surface area (Å²) in [5.41, 5.74) is 1.81. The van der Waals surface area contributed by atoms with Crippen molar-refractivity contribution in [3.05, 3.63) is 33.3 Å². The van der Waals surface area contributed by atoms with Gasteiger partial charge in [0.2, 0.25) is 0 Å². The predicted octanol–water partition coefficient (Wildman–Crippen LogP) is 2.67. The second-order valence-corrected chi connectivity index (χ2v) is 3.80. The SMILES string of the molecule is CCc1cc(Br)c(C(=O)OC)cc1C#N. The Morgan fingerprint density at radius 2 is 2.27 bits per heavy atom. The van der Waals surface area contributed by atoms with Crippen molar-refractivity contribution in [1.29, 1.82) is 5.26 Å². The zero-order valence-electron chi connectivity index (χ0n) is 8.50. The van der Waals surface area contributed by atoms with Crippen LogP contribution in [0.1, 0.15) is 28.4 Å². The molecule has 0 radical (unpaired) electrons. The van der Waals surface area contributed by atoms with Crippen LogP contribution in [0.25, 0.3) is 0 Å². The predicted molar refractivity (Wildman–Crippen MR) is 59.6 cm³/mol. The molecule has 0 aromatic heterocycles. The number of benzene rings is 1. The number of carbonyl (C=O) groups excluding carboxylic acids is 1. The molecule has 0 spiro atoms. The maximum Gasteiger partial charge on any atom is 0.339 e. The van der Waals surface area contributed by atoms with Gasteiger partial charge >= 0.3 is 5.97 Å². The number of methoxy groups -OCH3 is 1. The molecule has 0 bridgehead atoms. The molecule has 1 rings (SSSR count). The minimum atomic E-state index is -0.443.